The van der Waals surface area contributed by atoms with E-state index in [-0.39, 0.29) is 24.0 Å². The highest BCUT2D eigenvalue weighted by Crippen LogP contribution is 2.26. The highest BCUT2D eigenvalue weighted by molar-refractivity contribution is 5.94. The number of carbonyl (C=O) groups excluding carboxylic acids is 1. The van der Waals surface area contributed by atoms with Gasteiger partial charge in [0.05, 0.1) is 0 Å². The molecule has 5 nitrogen and oxygen atoms in total. The van der Waals surface area contributed by atoms with Crippen LogP contribution in [0, 0.1) is 17.6 Å². The van der Waals surface area contributed by atoms with Gasteiger partial charge < -0.3 is 14.7 Å². The second-order valence-corrected chi connectivity index (χ2v) is 6.89. The van der Waals surface area contributed by atoms with Crippen LogP contribution in [0.2, 0.25) is 0 Å². The number of hydrogen-bond acceptors (Lipinski definition) is 3. The zero-order valence-electron chi connectivity index (χ0n) is 15.2. The van der Waals surface area contributed by atoms with Crippen molar-refractivity contribution in [2.75, 3.05) is 13.1 Å². The quantitative estimate of drug-likeness (QED) is 0.791. The van der Waals surface area contributed by atoms with Gasteiger partial charge in [0.15, 0.2) is 11.6 Å². The molecule has 2 aromatic carbocycles. The Kier molecular flexibility index (Phi) is 6.23. The summed E-state index contributed by atoms with van der Waals surface area (Å²) in [5.74, 6) is -2.01. The Labute approximate surface area is 161 Å². The molecule has 1 N–H and O–H groups in total. The standard InChI is InChI=1S/C21H21F2NO4/c22-16-6-9-19(18(23)12-16)28-17-7-4-15(5-8-17)21(27)24-11-1-2-14(13-24)3-10-20(25)26/h4-9,12,14H,1-3,10-11,13H2,(H,25,26). The summed E-state index contributed by atoms with van der Waals surface area (Å²) in [6.45, 7) is 1.19. The van der Waals surface area contributed by atoms with Crippen LogP contribution in [0.15, 0.2) is 42.5 Å². The van der Waals surface area contributed by atoms with E-state index in [9.17, 15) is 18.4 Å². The van der Waals surface area contributed by atoms with Crippen molar-refractivity contribution in [2.24, 2.45) is 5.92 Å². The number of carbonyl (C=O) groups is 2. The molecule has 7 heteroatoms. The van der Waals surface area contributed by atoms with E-state index in [4.69, 9.17) is 9.84 Å². The van der Waals surface area contributed by atoms with Crippen molar-refractivity contribution in [3.63, 3.8) is 0 Å². The predicted molar refractivity (Wildman–Crippen MR) is 98.4 cm³/mol. The van der Waals surface area contributed by atoms with Gasteiger partial charge in [-0.15, -0.1) is 0 Å². The van der Waals surface area contributed by atoms with Crippen LogP contribution in [0.1, 0.15) is 36.0 Å². The van der Waals surface area contributed by atoms with E-state index in [0.717, 1.165) is 25.0 Å². The third-order valence-corrected chi connectivity index (χ3v) is 4.80. The van der Waals surface area contributed by atoms with Gasteiger partial charge in [0, 0.05) is 31.1 Å². The summed E-state index contributed by atoms with van der Waals surface area (Å²) in [7, 11) is 0. The van der Waals surface area contributed by atoms with Gasteiger partial charge in [0.1, 0.15) is 11.6 Å². The molecular weight excluding hydrogens is 368 g/mol. The Morgan fingerprint density at radius 3 is 2.57 bits per heavy atom. The van der Waals surface area contributed by atoms with E-state index < -0.39 is 17.6 Å². The van der Waals surface area contributed by atoms with E-state index in [1.54, 1.807) is 29.2 Å². The van der Waals surface area contributed by atoms with E-state index in [0.29, 0.717) is 30.8 Å². The van der Waals surface area contributed by atoms with Crippen LogP contribution in [-0.4, -0.2) is 35.0 Å². The van der Waals surface area contributed by atoms with Crippen molar-refractivity contribution < 1.29 is 28.2 Å². The summed E-state index contributed by atoms with van der Waals surface area (Å²) in [6.07, 6.45) is 2.45. The fourth-order valence-electron chi connectivity index (χ4n) is 3.35. The minimum Gasteiger partial charge on any atom is -0.481 e. The minimum absolute atomic E-state index is 0.0993. The first-order valence-corrected chi connectivity index (χ1v) is 9.16. The number of carboxylic acids is 1. The zero-order chi connectivity index (χ0) is 20.1. The molecule has 1 amide bonds. The van der Waals surface area contributed by atoms with Crippen molar-refractivity contribution in [3.05, 3.63) is 59.7 Å². The summed E-state index contributed by atoms with van der Waals surface area (Å²) in [5.41, 5.74) is 0.478. The monoisotopic (exact) mass is 389 g/mol. The van der Waals surface area contributed by atoms with Crippen LogP contribution in [0.25, 0.3) is 0 Å². The van der Waals surface area contributed by atoms with Crippen molar-refractivity contribution in [2.45, 2.75) is 25.7 Å². The molecule has 0 spiro atoms. The zero-order valence-corrected chi connectivity index (χ0v) is 15.2. The topological polar surface area (TPSA) is 66.8 Å². The number of carboxylic acid groups (broad SMARTS) is 1. The summed E-state index contributed by atoms with van der Waals surface area (Å²) in [5, 5.41) is 8.83. The Balaban J connectivity index is 1.62. The van der Waals surface area contributed by atoms with Crippen LogP contribution >= 0.6 is 0 Å². The molecule has 0 aromatic heterocycles. The lowest BCUT2D eigenvalue weighted by atomic mass is 9.93. The summed E-state index contributed by atoms with van der Waals surface area (Å²) in [4.78, 5) is 25.2. The molecule has 148 valence electrons. The first kappa shape index (κ1) is 19.8. The molecule has 0 bridgehead atoms. The van der Waals surface area contributed by atoms with Gasteiger partial charge >= 0.3 is 5.97 Å². The lowest BCUT2D eigenvalue weighted by molar-refractivity contribution is -0.137. The number of hydrogen-bond donors (Lipinski definition) is 1. The van der Waals surface area contributed by atoms with Gasteiger partial charge in [0.25, 0.3) is 5.91 Å². The molecule has 3 rings (SSSR count). The second kappa shape index (κ2) is 8.82. The number of likely N-dealkylation sites (tertiary alicyclic amines) is 1. The van der Waals surface area contributed by atoms with Crippen molar-refractivity contribution in [3.8, 4) is 11.5 Å². The maximum absolute atomic E-state index is 13.7. The number of benzene rings is 2. The SMILES string of the molecule is O=C(O)CCC1CCCN(C(=O)c2ccc(Oc3ccc(F)cc3F)cc2)C1. The van der Waals surface area contributed by atoms with Crippen LogP contribution in [-0.2, 0) is 4.79 Å². The molecule has 0 saturated carbocycles. The Hall–Kier alpha value is -2.96. The second-order valence-electron chi connectivity index (χ2n) is 6.89. The molecule has 1 unspecified atom stereocenters. The number of amides is 1. The van der Waals surface area contributed by atoms with E-state index >= 15 is 0 Å². The summed E-state index contributed by atoms with van der Waals surface area (Å²) < 4.78 is 32.0. The molecule has 0 aliphatic carbocycles. The lowest BCUT2D eigenvalue weighted by Crippen LogP contribution is -2.40. The fraction of sp³-hybridized carbons (Fsp3) is 0.333. The lowest BCUT2D eigenvalue weighted by Gasteiger charge is -2.32. The van der Waals surface area contributed by atoms with Gasteiger partial charge in [-0.3, -0.25) is 9.59 Å². The van der Waals surface area contributed by atoms with Crippen LogP contribution in [0.4, 0.5) is 8.78 Å². The molecular formula is C21H21F2NO4. The van der Waals surface area contributed by atoms with Crippen LogP contribution in [0.5, 0.6) is 11.5 Å². The first-order chi connectivity index (χ1) is 13.4. The average molecular weight is 389 g/mol. The van der Waals surface area contributed by atoms with Gasteiger partial charge in [-0.25, -0.2) is 8.78 Å². The molecule has 2 aromatic rings. The number of rotatable bonds is 6. The molecule has 1 aliphatic rings. The van der Waals surface area contributed by atoms with Crippen LogP contribution < -0.4 is 4.74 Å². The maximum Gasteiger partial charge on any atom is 0.303 e. The van der Waals surface area contributed by atoms with Crippen molar-refractivity contribution in [1.82, 2.24) is 4.90 Å². The first-order valence-electron chi connectivity index (χ1n) is 9.16. The van der Waals surface area contributed by atoms with Crippen molar-refractivity contribution in [1.29, 1.82) is 0 Å². The molecule has 1 atom stereocenters. The largest absolute Gasteiger partial charge is 0.481 e. The van der Waals surface area contributed by atoms with Crippen LogP contribution in [0.3, 0.4) is 0 Å². The molecule has 1 aliphatic heterocycles. The number of aliphatic carboxylic acids is 1. The van der Waals surface area contributed by atoms with Gasteiger partial charge in [-0.05, 0) is 61.6 Å². The number of nitrogens with zero attached hydrogens (tertiary/aromatic N) is 1. The smallest absolute Gasteiger partial charge is 0.303 e. The highest BCUT2D eigenvalue weighted by atomic mass is 19.1. The third kappa shape index (κ3) is 5.06. The Morgan fingerprint density at radius 1 is 1.14 bits per heavy atom. The van der Waals surface area contributed by atoms with E-state index in [1.807, 2.05) is 0 Å². The molecule has 1 heterocycles. The number of ether oxygens (including phenoxy) is 1. The van der Waals surface area contributed by atoms with E-state index in [2.05, 4.69) is 0 Å². The maximum atomic E-state index is 13.7. The molecule has 28 heavy (non-hydrogen) atoms. The van der Waals surface area contributed by atoms with Crippen molar-refractivity contribution >= 4 is 11.9 Å². The Morgan fingerprint density at radius 2 is 1.89 bits per heavy atom. The van der Waals surface area contributed by atoms with Gasteiger partial charge in [0.2, 0.25) is 0 Å². The molecule has 0 radical (unpaired) electrons. The Bertz CT molecular complexity index is 854. The summed E-state index contributed by atoms with van der Waals surface area (Å²) in [6, 6.07) is 9.36. The van der Waals surface area contributed by atoms with E-state index in [1.165, 1.54) is 6.07 Å². The normalized spacial score (nSPS) is 16.6. The average Bonchev–Trinajstić information content (AvgIpc) is 2.69. The highest BCUT2D eigenvalue weighted by Gasteiger charge is 2.24. The fourth-order valence-corrected chi connectivity index (χ4v) is 3.35. The van der Waals surface area contributed by atoms with Gasteiger partial charge in [-0.2, -0.15) is 0 Å². The van der Waals surface area contributed by atoms with Gasteiger partial charge in [-0.1, -0.05) is 0 Å². The predicted octanol–water partition coefficient (Wildman–Crippen LogP) is 4.47. The summed E-state index contributed by atoms with van der Waals surface area (Å²) >= 11 is 0. The third-order valence-electron chi connectivity index (χ3n) is 4.80. The minimum atomic E-state index is -0.823. The molecule has 1 fully saturated rings. The number of piperidine rings is 1. The molecule has 1 saturated heterocycles. The number of halogens is 2.